The first-order chi connectivity index (χ1) is 9.12. The minimum atomic E-state index is 0.410. The van der Waals surface area contributed by atoms with Crippen LogP contribution in [-0.4, -0.2) is 36.1 Å². The molecule has 0 bridgehead atoms. The fourth-order valence-corrected chi connectivity index (χ4v) is 4.49. The van der Waals surface area contributed by atoms with Crippen molar-refractivity contribution in [2.45, 2.75) is 70.9 Å². The van der Waals surface area contributed by atoms with Crippen molar-refractivity contribution in [2.75, 3.05) is 19.6 Å². The van der Waals surface area contributed by atoms with Crippen LogP contribution in [0.25, 0.3) is 0 Å². The van der Waals surface area contributed by atoms with Gasteiger partial charge in [0.2, 0.25) is 0 Å². The lowest BCUT2D eigenvalue weighted by atomic mass is 9.88. The van der Waals surface area contributed by atoms with Crippen LogP contribution in [0.4, 0.5) is 0 Å². The van der Waals surface area contributed by atoms with E-state index in [0.29, 0.717) is 5.54 Å². The largest absolute Gasteiger partial charge is 0.308 e. The molecule has 2 nitrogen and oxygen atoms in total. The molecule has 0 amide bonds. The first kappa shape index (κ1) is 13.9. The average Bonchev–Trinajstić information content (AvgIpc) is 3.17. The van der Waals surface area contributed by atoms with E-state index in [4.69, 9.17) is 0 Å². The fourth-order valence-electron chi connectivity index (χ4n) is 4.49. The van der Waals surface area contributed by atoms with Gasteiger partial charge in [-0.25, -0.2) is 0 Å². The van der Waals surface area contributed by atoms with Gasteiger partial charge in [-0.1, -0.05) is 26.7 Å². The predicted molar refractivity (Wildman–Crippen MR) is 81.3 cm³/mol. The van der Waals surface area contributed by atoms with E-state index in [9.17, 15) is 0 Å². The molecule has 0 aromatic rings. The first-order valence-electron chi connectivity index (χ1n) is 8.61. The van der Waals surface area contributed by atoms with Crippen LogP contribution in [0, 0.1) is 17.8 Å². The van der Waals surface area contributed by atoms with E-state index >= 15 is 0 Å². The zero-order valence-corrected chi connectivity index (χ0v) is 13.1. The Morgan fingerprint density at radius 1 is 1.21 bits per heavy atom. The van der Waals surface area contributed by atoms with Crippen LogP contribution in [0.2, 0.25) is 0 Å². The normalized spacial score (nSPS) is 44.7. The molecule has 4 unspecified atom stereocenters. The highest BCUT2D eigenvalue weighted by molar-refractivity contribution is 5.04. The molecule has 4 atom stereocenters. The second-order valence-corrected chi connectivity index (χ2v) is 7.73. The number of hydrogen-bond donors (Lipinski definition) is 1. The molecule has 1 heterocycles. The molecular formula is C17H32N2. The number of hydrogen-bond acceptors (Lipinski definition) is 2. The lowest BCUT2D eigenvalue weighted by Crippen LogP contribution is -2.64. The Morgan fingerprint density at radius 3 is 2.58 bits per heavy atom. The van der Waals surface area contributed by atoms with E-state index in [1.807, 2.05) is 0 Å². The van der Waals surface area contributed by atoms with Crippen molar-refractivity contribution in [3.8, 4) is 0 Å². The minimum Gasteiger partial charge on any atom is -0.308 e. The van der Waals surface area contributed by atoms with Gasteiger partial charge in [0.1, 0.15) is 0 Å². The van der Waals surface area contributed by atoms with Crippen molar-refractivity contribution >= 4 is 0 Å². The summed E-state index contributed by atoms with van der Waals surface area (Å²) in [7, 11) is 0. The molecule has 110 valence electrons. The Morgan fingerprint density at radius 2 is 2.00 bits per heavy atom. The highest BCUT2D eigenvalue weighted by Crippen LogP contribution is 2.42. The van der Waals surface area contributed by atoms with E-state index in [1.165, 1.54) is 58.2 Å². The van der Waals surface area contributed by atoms with E-state index in [1.54, 1.807) is 0 Å². The van der Waals surface area contributed by atoms with Gasteiger partial charge in [-0.15, -0.1) is 0 Å². The van der Waals surface area contributed by atoms with Crippen LogP contribution in [0.1, 0.15) is 59.3 Å². The summed E-state index contributed by atoms with van der Waals surface area (Å²) in [5.41, 5.74) is 0.410. The molecule has 1 aliphatic heterocycles. The zero-order chi connectivity index (χ0) is 13.5. The topological polar surface area (TPSA) is 15.3 Å². The Hall–Kier alpha value is -0.0800. The third-order valence-electron chi connectivity index (χ3n) is 6.25. The second-order valence-electron chi connectivity index (χ2n) is 7.73. The van der Waals surface area contributed by atoms with Gasteiger partial charge in [-0.3, -0.25) is 4.90 Å². The summed E-state index contributed by atoms with van der Waals surface area (Å²) in [5, 5.41) is 3.88. The van der Waals surface area contributed by atoms with E-state index < -0.39 is 0 Å². The summed E-state index contributed by atoms with van der Waals surface area (Å²) in [4.78, 5) is 2.85. The molecular weight excluding hydrogens is 232 g/mol. The molecule has 0 radical (unpaired) electrons. The molecule has 3 aliphatic rings. The summed E-state index contributed by atoms with van der Waals surface area (Å²) in [6, 6.07) is 0.777. The minimum absolute atomic E-state index is 0.410. The SMILES string of the molecule is CCC1CNC(C)(C2CC2)CN1CC1CCCC1C. The van der Waals surface area contributed by atoms with Gasteiger partial charge in [0.05, 0.1) is 0 Å². The van der Waals surface area contributed by atoms with Gasteiger partial charge in [0.25, 0.3) is 0 Å². The van der Waals surface area contributed by atoms with Gasteiger partial charge in [0, 0.05) is 31.2 Å². The Balaban J connectivity index is 1.64. The van der Waals surface area contributed by atoms with Crippen LogP contribution >= 0.6 is 0 Å². The number of nitrogens with zero attached hydrogens (tertiary/aromatic N) is 1. The maximum absolute atomic E-state index is 3.88. The average molecular weight is 264 g/mol. The van der Waals surface area contributed by atoms with Crippen molar-refractivity contribution < 1.29 is 0 Å². The number of nitrogens with one attached hydrogen (secondary N) is 1. The van der Waals surface area contributed by atoms with Gasteiger partial charge in [0.15, 0.2) is 0 Å². The quantitative estimate of drug-likeness (QED) is 0.838. The Labute approximate surface area is 119 Å². The summed E-state index contributed by atoms with van der Waals surface area (Å²) in [6.07, 6.45) is 8.61. The fraction of sp³-hybridized carbons (Fsp3) is 1.00. The highest BCUT2D eigenvalue weighted by atomic mass is 15.3. The van der Waals surface area contributed by atoms with Gasteiger partial charge in [-0.2, -0.15) is 0 Å². The number of rotatable bonds is 4. The standard InChI is InChI=1S/C17H32N2/c1-4-16-10-18-17(3,15-8-9-15)12-19(16)11-14-7-5-6-13(14)2/h13-16,18H,4-12H2,1-3H3. The molecule has 0 aromatic carbocycles. The van der Waals surface area contributed by atoms with Crippen LogP contribution in [0.3, 0.4) is 0 Å². The van der Waals surface area contributed by atoms with Crippen LogP contribution in [-0.2, 0) is 0 Å². The first-order valence-corrected chi connectivity index (χ1v) is 8.61. The van der Waals surface area contributed by atoms with Crippen molar-refractivity contribution in [3.63, 3.8) is 0 Å². The molecule has 3 rings (SSSR count). The molecule has 3 fully saturated rings. The van der Waals surface area contributed by atoms with Gasteiger partial charge >= 0.3 is 0 Å². The monoisotopic (exact) mass is 264 g/mol. The van der Waals surface area contributed by atoms with Crippen LogP contribution < -0.4 is 5.32 Å². The maximum Gasteiger partial charge on any atom is 0.0309 e. The maximum atomic E-state index is 3.88. The zero-order valence-electron chi connectivity index (χ0n) is 13.1. The van der Waals surface area contributed by atoms with Crippen molar-refractivity contribution in [3.05, 3.63) is 0 Å². The molecule has 1 saturated heterocycles. The summed E-state index contributed by atoms with van der Waals surface area (Å²) in [6.45, 7) is 11.2. The van der Waals surface area contributed by atoms with Gasteiger partial charge in [-0.05, 0) is 50.4 Å². The highest BCUT2D eigenvalue weighted by Gasteiger charge is 2.46. The molecule has 19 heavy (non-hydrogen) atoms. The van der Waals surface area contributed by atoms with Crippen molar-refractivity contribution in [1.29, 1.82) is 0 Å². The van der Waals surface area contributed by atoms with Gasteiger partial charge < -0.3 is 5.32 Å². The molecule has 1 N–H and O–H groups in total. The Kier molecular flexibility index (Phi) is 3.92. The predicted octanol–water partition coefficient (Wildman–Crippen LogP) is 3.28. The lowest BCUT2D eigenvalue weighted by molar-refractivity contribution is 0.0547. The second kappa shape index (κ2) is 5.37. The molecule has 2 heteroatoms. The Bertz CT molecular complexity index is 312. The summed E-state index contributed by atoms with van der Waals surface area (Å²) < 4.78 is 0. The molecule has 2 aliphatic carbocycles. The molecule has 0 spiro atoms. The third-order valence-corrected chi connectivity index (χ3v) is 6.25. The van der Waals surface area contributed by atoms with Crippen molar-refractivity contribution in [2.24, 2.45) is 17.8 Å². The van der Waals surface area contributed by atoms with E-state index in [-0.39, 0.29) is 0 Å². The third kappa shape index (κ3) is 2.85. The molecule has 0 aromatic heterocycles. The van der Waals surface area contributed by atoms with Crippen LogP contribution in [0.5, 0.6) is 0 Å². The summed E-state index contributed by atoms with van der Waals surface area (Å²) in [5.74, 6) is 2.88. The number of piperazine rings is 1. The van der Waals surface area contributed by atoms with E-state index in [0.717, 1.165) is 23.8 Å². The smallest absolute Gasteiger partial charge is 0.0309 e. The summed E-state index contributed by atoms with van der Waals surface area (Å²) >= 11 is 0. The van der Waals surface area contributed by atoms with Crippen LogP contribution in [0.15, 0.2) is 0 Å². The van der Waals surface area contributed by atoms with E-state index in [2.05, 4.69) is 31.0 Å². The van der Waals surface area contributed by atoms with Crippen molar-refractivity contribution in [1.82, 2.24) is 10.2 Å². The lowest BCUT2D eigenvalue weighted by Gasteiger charge is -2.47. The molecule has 2 saturated carbocycles.